The molecule has 22 heavy (non-hydrogen) atoms. The zero-order chi connectivity index (χ0) is 15.7. The summed E-state index contributed by atoms with van der Waals surface area (Å²) in [6.07, 6.45) is 1.71. The first-order valence-electron chi connectivity index (χ1n) is 7.01. The van der Waals surface area contributed by atoms with Crippen molar-refractivity contribution in [2.75, 3.05) is 7.05 Å². The van der Waals surface area contributed by atoms with Gasteiger partial charge in [-0.15, -0.1) is 0 Å². The number of likely N-dealkylation sites (N-methyl/N-ethyl adjacent to an activating group) is 1. The van der Waals surface area contributed by atoms with Gasteiger partial charge in [0.1, 0.15) is 0 Å². The maximum atomic E-state index is 11.9. The van der Waals surface area contributed by atoms with Crippen molar-refractivity contribution in [3.63, 3.8) is 0 Å². The first-order chi connectivity index (χ1) is 10.5. The van der Waals surface area contributed by atoms with Crippen molar-refractivity contribution < 1.29 is 14.4 Å². The van der Waals surface area contributed by atoms with E-state index < -0.39 is 18.0 Å². The van der Waals surface area contributed by atoms with Gasteiger partial charge in [-0.25, -0.2) is 4.79 Å². The highest BCUT2D eigenvalue weighted by Gasteiger charge is 2.50. The molecule has 6 nitrogen and oxygen atoms in total. The summed E-state index contributed by atoms with van der Waals surface area (Å²) in [5.74, 6) is 5.17. The minimum Gasteiger partial charge on any atom is -0.358 e. The number of hydrogen-bond donors (Lipinski definition) is 3. The van der Waals surface area contributed by atoms with Crippen molar-refractivity contribution in [3.8, 4) is 11.8 Å². The van der Waals surface area contributed by atoms with E-state index in [0.717, 1.165) is 24.0 Å². The summed E-state index contributed by atoms with van der Waals surface area (Å²) in [5.41, 5.74) is 1.31. The van der Waals surface area contributed by atoms with E-state index in [2.05, 4.69) is 27.8 Å². The maximum Gasteiger partial charge on any atom is 0.322 e. The van der Waals surface area contributed by atoms with Gasteiger partial charge in [0.2, 0.25) is 5.91 Å². The minimum absolute atomic E-state index is 0.0386. The van der Waals surface area contributed by atoms with Crippen molar-refractivity contribution in [3.05, 3.63) is 35.4 Å². The van der Waals surface area contributed by atoms with E-state index in [1.165, 1.54) is 0 Å². The predicted octanol–water partition coefficient (Wildman–Crippen LogP) is 0.0237. The second kappa shape index (κ2) is 5.19. The molecule has 2 aliphatic rings. The fourth-order valence-electron chi connectivity index (χ4n) is 2.56. The van der Waals surface area contributed by atoms with Crippen LogP contribution in [0.3, 0.4) is 0 Å². The molecule has 1 aromatic carbocycles. The van der Waals surface area contributed by atoms with Gasteiger partial charge >= 0.3 is 6.03 Å². The highest BCUT2D eigenvalue weighted by Crippen LogP contribution is 2.48. The Hall–Kier alpha value is -2.81. The van der Waals surface area contributed by atoms with E-state index in [1.807, 2.05) is 24.3 Å². The fraction of sp³-hybridized carbons (Fsp3) is 0.312. The average Bonchev–Trinajstić information content (AvgIpc) is 3.26. The minimum atomic E-state index is -0.812. The lowest BCUT2D eigenvalue weighted by molar-refractivity contribution is -0.123. The molecule has 0 bridgehead atoms. The van der Waals surface area contributed by atoms with Crippen LogP contribution in [-0.4, -0.2) is 30.9 Å². The van der Waals surface area contributed by atoms with Gasteiger partial charge in [0.25, 0.3) is 5.91 Å². The van der Waals surface area contributed by atoms with Gasteiger partial charge in [-0.3, -0.25) is 14.9 Å². The fourth-order valence-corrected chi connectivity index (χ4v) is 2.56. The van der Waals surface area contributed by atoms with Crippen molar-refractivity contribution in [1.82, 2.24) is 16.0 Å². The van der Waals surface area contributed by atoms with Crippen LogP contribution in [0.2, 0.25) is 0 Å². The summed E-state index contributed by atoms with van der Waals surface area (Å²) in [6, 6.07) is 6.08. The number of imide groups is 1. The van der Waals surface area contributed by atoms with E-state index in [9.17, 15) is 14.4 Å². The molecule has 3 rings (SSSR count). The molecular formula is C16H15N3O3. The number of amides is 4. The summed E-state index contributed by atoms with van der Waals surface area (Å²) in [5, 5.41) is 7.24. The highest BCUT2D eigenvalue weighted by atomic mass is 16.2. The molecule has 1 aliphatic heterocycles. The first kappa shape index (κ1) is 14.1. The zero-order valence-corrected chi connectivity index (χ0v) is 12.0. The van der Waals surface area contributed by atoms with E-state index in [1.54, 1.807) is 7.05 Å². The summed E-state index contributed by atoms with van der Waals surface area (Å²) in [7, 11) is 1.64. The van der Waals surface area contributed by atoms with Gasteiger partial charge in [-0.05, 0) is 30.5 Å². The largest absolute Gasteiger partial charge is 0.358 e. The van der Waals surface area contributed by atoms with E-state index in [0.29, 0.717) is 0 Å². The Labute approximate surface area is 127 Å². The smallest absolute Gasteiger partial charge is 0.322 e. The molecule has 4 amide bonds. The third-order valence-electron chi connectivity index (χ3n) is 3.98. The summed E-state index contributed by atoms with van der Waals surface area (Å²) >= 11 is 0. The lowest BCUT2D eigenvalue weighted by Crippen LogP contribution is -2.31. The van der Waals surface area contributed by atoms with E-state index in [-0.39, 0.29) is 11.3 Å². The van der Waals surface area contributed by atoms with Gasteiger partial charge in [-0.1, -0.05) is 24.0 Å². The van der Waals surface area contributed by atoms with Gasteiger partial charge in [0.15, 0.2) is 6.04 Å². The second-order valence-corrected chi connectivity index (χ2v) is 5.40. The molecule has 112 valence electrons. The molecule has 0 spiro atoms. The van der Waals surface area contributed by atoms with Crippen LogP contribution in [0.4, 0.5) is 4.79 Å². The van der Waals surface area contributed by atoms with Gasteiger partial charge in [-0.2, -0.15) is 0 Å². The quantitative estimate of drug-likeness (QED) is 0.531. The van der Waals surface area contributed by atoms with Crippen LogP contribution in [0.15, 0.2) is 24.3 Å². The van der Waals surface area contributed by atoms with Crippen LogP contribution in [0.1, 0.15) is 24.0 Å². The van der Waals surface area contributed by atoms with Crippen LogP contribution in [0, 0.1) is 11.8 Å². The molecule has 1 saturated carbocycles. The maximum absolute atomic E-state index is 11.9. The second-order valence-electron chi connectivity index (χ2n) is 5.40. The Kier molecular flexibility index (Phi) is 3.33. The SMILES string of the molecule is CNC(=O)C1(c2ccc(C#C[C@@H]3NC(=O)NC3=O)cc2)CC1. The highest BCUT2D eigenvalue weighted by molar-refractivity contribution is 6.05. The van der Waals surface area contributed by atoms with Gasteiger partial charge in [0.05, 0.1) is 5.41 Å². The molecule has 1 aromatic rings. The van der Waals surface area contributed by atoms with Crippen molar-refractivity contribution in [1.29, 1.82) is 0 Å². The van der Waals surface area contributed by atoms with Crippen LogP contribution >= 0.6 is 0 Å². The molecule has 1 heterocycles. The Balaban J connectivity index is 1.75. The summed E-state index contributed by atoms with van der Waals surface area (Å²) < 4.78 is 0. The lowest BCUT2D eigenvalue weighted by Gasteiger charge is -2.13. The van der Waals surface area contributed by atoms with E-state index in [4.69, 9.17) is 0 Å². The number of hydrogen-bond acceptors (Lipinski definition) is 3. The number of urea groups is 1. The summed E-state index contributed by atoms with van der Waals surface area (Å²) in [4.78, 5) is 34.3. The Morgan fingerprint density at radius 3 is 2.45 bits per heavy atom. The third kappa shape index (κ3) is 2.42. The lowest BCUT2D eigenvalue weighted by atomic mass is 9.94. The van der Waals surface area contributed by atoms with Crippen molar-refractivity contribution >= 4 is 17.8 Å². The molecule has 0 unspecified atom stereocenters. The molecule has 0 aromatic heterocycles. The van der Waals surface area contributed by atoms with Gasteiger partial charge < -0.3 is 10.6 Å². The Morgan fingerprint density at radius 2 is 1.95 bits per heavy atom. The first-order valence-corrected chi connectivity index (χ1v) is 7.01. The number of benzene rings is 1. The Bertz CT molecular complexity index is 708. The predicted molar refractivity (Wildman–Crippen MR) is 78.8 cm³/mol. The molecular weight excluding hydrogens is 282 g/mol. The molecule has 2 fully saturated rings. The van der Waals surface area contributed by atoms with E-state index >= 15 is 0 Å². The number of rotatable bonds is 2. The van der Waals surface area contributed by atoms with Crippen LogP contribution in [0.25, 0.3) is 0 Å². The monoisotopic (exact) mass is 297 g/mol. The molecule has 1 aliphatic carbocycles. The molecule has 6 heteroatoms. The van der Waals surface area contributed by atoms with Crippen LogP contribution < -0.4 is 16.0 Å². The number of carbonyl (C=O) groups excluding carboxylic acids is 3. The Morgan fingerprint density at radius 1 is 1.27 bits per heavy atom. The standard InChI is InChI=1S/C16H15N3O3/c1-17-14(21)16(8-9-16)11-5-2-10(3-6-11)4-7-12-13(20)19-15(22)18-12/h2-3,5-6,12H,8-9H2,1H3,(H,17,21)(H2,18,19,20,22)/t12-/m0/s1. The van der Waals surface area contributed by atoms with Crippen molar-refractivity contribution in [2.24, 2.45) is 0 Å². The normalized spacial score (nSPS) is 21.2. The third-order valence-corrected chi connectivity index (χ3v) is 3.98. The number of nitrogens with one attached hydrogen (secondary N) is 3. The summed E-state index contributed by atoms with van der Waals surface area (Å²) in [6.45, 7) is 0. The van der Waals surface area contributed by atoms with Crippen LogP contribution in [-0.2, 0) is 15.0 Å². The topological polar surface area (TPSA) is 87.3 Å². The van der Waals surface area contributed by atoms with Crippen LogP contribution in [0.5, 0.6) is 0 Å². The zero-order valence-electron chi connectivity index (χ0n) is 12.0. The molecule has 1 atom stereocenters. The molecule has 1 saturated heterocycles. The van der Waals surface area contributed by atoms with Gasteiger partial charge in [0, 0.05) is 12.6 Å². The molecule has 0 radical (unpaired) electrons. The van der Waals surface area contributed by atoms with Crippen molar-refractivity contribution in [2.45, 2.75) is 24.3 Å². The molecule has 3 N–H and O–H groups in total. The number of carbonyl (C=O) groups is 3. The average molecular weight is 297 g/mol.